The highest BCUT2D eigenvalue weighted by Gasteiger charge is 2.25. The average Bonchev–Trinajstić information content (AvgIpc) is 3.10. The van der Waals surface area contributed by atoms with Gasteiger partial charge in [-0.1, -0.05) is 12.8 Å². The second kappa shape index (κ2) is 7.23. The van der Waals surface area contributed by atoms with Crippen molar-refractivity contribution < 1.29 is 9.90 Å². The summed E-state index contributed by atoms with van der Waals surface area (Å²) in [4.78, 5) is 13.6. The molecule has 2 unspecified atom stereocenters. The molecule has 1 saturated carbocycles. The molecular weight excluding hydrogens is 294 g/mol. The molecule has 1 aliphatic rings. The second-order valence-electron chi connectivity index (χ2n) is 5.80. The predicted molar refractivity (Wildman–Crippen MR) is 86.3 cm³/mol. The van der Waals surface area contributed by atoms with Crippen molar-refractivity contribution in [2.75, 3.05) is 11.9 Å². The molecule has 0 bridgehead atoms. The van der Waals surface area contributed by atoms with E-state index in [1.165, 1.54) is 4.80 Å². The SMILES string of the molecule is O=C(Nc1ccc(-n2nccn2)cc1)NC1CCCCC1CO. The van der Waals surface area contributed by atoms with Crippen LogP contribution in [-0.2, 0) is 0 Å². The average molecular weight is 315 g/mol. The van der Waals surface area contributed by atoms with E-state index in [0.717, 1.165) is 31.4 Å². The van der Waals surface area contributed by atoms with Gasteiger partial charge in [0, 0.05) is 24.3 Å². The Hall–Kier alpha value is -2.41. The van der Waals surface area contributed by atoms with Crippen LogP contribution in [0.4, 0.5) is 10.5 Å². The Morgan fingerprint density at radius 1 is 1.17 bits per heavy atom. The highest BCUT2D eigenvalue weighted by molar-refractivity contribution is 5.89. The van der Waals surface area contributed by atoms with Crippen molar-refractivity contribution in [3.05, 3.63) is 36.7 Å². The minimum atomic E-state index is -0.236. The smallest absolute Gasteiger partial charge is 0.319 e. The van der Waals surface area contributed by atoms with Gasteiger partial charge < -0.3 is 15.7 Å². The van der Waals surface area contributed by atoms with Crippen molar-refractivity contribution in [3.8, 4) is 5.69 Å². The minimum Gasteiger partial charge on any atom is -0.396 e. The molecule has 1 heterocycles. The number of aliphatic hydroxyl groups is 1. The van der Waals surface area contributed by atoms with Crippen LogP contribution in [0.5, 0.6) is 0 Å². The van der Waals surface area contributed by atoms with E-state index in [1.54, 1.807) is 12.4 Å². The first-order valence-corrected chi connectivity index (χ1v) is 7.91. The Balaban J connectivity index is 1.57. The largest absolute Gasteiger partial charge is 0.396 e. The van der Waals surface area contributed by atoms with Gasteiger partial charge in [0.1, 0.15) is 0 Å². The molecule has 2 atom stereocenters. The number of nitrogens with one attached hydrogen (secondary N) is 2. The topological polar surface area (TPSA) is 92.1 Å². The summed E-state index contributed by atoms with van der Waals surface area (Å²) in [5, 5.41) is 23.3. The van der Waals surface area contributed by atoms with Crippen molar-refractivity contribution in [3.63, 3.8) is 0 Å². The van der Waals surface area contributed by atoms with E-state index in [0.29, 0.717) is 5.69 Å². The van der Waals surface area contributed by atoms with E-state index in [1.807, 2.05) is 24.3 Å². The van der Waals surface area contributed by atoms with Crippen molar-refractivity contribution in [1.29, 1.82) is 0 Å². The maximum atomic E-state index is 12.1. The number of hydrogen-bond acceptors (Lipinski definition) is 4. The van der Waals surface area contributed by atoms with E-state index in [9.17, 15) is 9.90 Å². The quantitative estimate of drug-likeness (QED) is 0.804. The monoisotopic (exact) mass is 315 g/mol. The van der Waals surface area contributed by atoms with Gasteiger partial charge in [-0.25, -0.2) is 4.79 Å². The van der Waals surface area contributed by atoms with Crippen LogP contribution >= 0.6 is 0 Å². The third-order valence-corrected chi connectivity index (χ3v) is 4.23. The fraction of sp³-hybridized carbons (Fsp3) is 0.438. The Kier molecular flexibility index (Phi) is 4.87. The van der Waals surface area contributed by atoms with Crippen LogP contribution in [0.15, 0.2) is 36.7 Å². The van der Waals surface area contributed by atoms with Gasteiger partial charge >= 0.3 is 6.03 Å². The number of benzene rings is 1. The molecule has 3 N–H and O–H groups in total. The minimum absolute atomic E-state index is 0.0429. The van der Waals surface area contributed by atoms with Gasteiger partial charge in [-0.2, -0.15) is 15.0 Å². The zero-order chi connectivity index (χ0) is 16.1. The Morgan fingerprint density at radius 2 is 1.87 bits per heavy atom. The molecule has 1 aromatic carbocycles. The molecule has 0 aliphatic heterocycles. The molecule has 7 nitrogen and oxygen atoms in total. The van der Waals surface area contributed by atoms with Crippen LogP contribution in [0.25, 0.3) is 5.69 Å². The van der Waals surface area contributed by atoms with Gasteiger partial charge in [0.2, 0.25) is 0 Å². The summed E-state index contributed by atoms with van der Waals surface area (Å²) < 4.78 is 0. The Bertz CT molecular complexity index is 626. The number of aliphatic hydroxyl groups excluding tert-OH is 1. The number of nitrogens with zero attached hydrogens (tertiary/aromatic N) is 3. The number of anilines is 1. The number of urea groups is 1. The van der Waals surface area contributed by atoms with Gasteiger partial charge in [0.05, 0.1) is 18.1 Å². The molecule has 0 saturated heterocycles. The van der Waals surface area contributed by atoms with Crippen molar-refractivity contribution >= 4 is 11.7 Å². The van der Waals surface area contributed by atoms with Gasteiger partial charge in [-0.05, 0) is 37.1 Å². The third kappa shape index (κ3) is 3.87. The Labute approximate surface area is 134 Å². The predicted octanol–water partition coefficient (Wildman–Crippen LogP) is 1.94. The van der Waals surface area contributed by atoms with E-state index < -0.39 is 0 Å². The van der Waals surface area contributed by atoms with Gasteiger partial charge in [0.25, 0.3) is 0 Å². The fourth-order valence-corrected chi connectivity index (χ4v) is 2.98. The lowest BCUT2D eigenvalue weighted by atomic mass is 9.85. The van der Waals surface area contributed by atoms with Crippen molar-refractivity contribution in [1.82, 2.24) is 20.3 Å². The zero-order valence-electron chi connectivity index (χ0n) is 12.9. The van der Waals surface area contributed by atoms with Crippen LogP contribution in [0, 0.1) is 5.92 Å². The van der Waals surface area contributed by atoms with Crippen molar-refractivity contribution in [2.24, 2.45) is 5.92 Å². The number of hydrogen-bond donors (Lipinski definition) is 3. The van der Waals surface area contributed by atoms with Gasteiger partial charge in [0.15, 0.2) is 0 Å². The normalized spacial score (nSPS) is 20.9. The van der Waals surface area contributed by atoms with Gasteiger partial charge in [-0.3, -0.25) is 0 Å². The lowest BCUT2D eigenvalue weighted by molar-refractivity contribution is 0.156. The van der Waals surface area contributed by atoms with Crippen LogP contribution in [0.3, 0.4) is 0 Å². The molecule has 7 heteroatoms. The maximum Gasteiger partial charge on any atom is 0.319 e. The maximum absolute atomic E-state index is 12.1. The van der Waals surface area contributed by atoms with Crippen LogP contribution in [-0.4, -0.2) is 38.8 Å². The van der Waals surface area contributed by atoms with E-state index in [2.05, 4.69) is 20.8 Å². The first-order chi connectivity index (χ1) is 11.3. The lowest BCUT2D eigenvalue weighted by Crippen LogP contribution is -2.45. The third-order valence-electron chi connectivity index (χ3n) is 4.23. The summed E-state index contributed by atoms with van der Waals surface area (Å²) in [6.45, 7) is 0.122. The molecule has 0 spiro atoms. The number of carbonyl (C=O) groups excluding carboxylic acids is 1. The number of rotatable bonds is 4. The highest BCUT2D eigenvalue weighted by atomic mass is 16.3. The first kappa shape index (κ1) is 15.5. The molecular formula is C16H21N5O2. The summed E-state index contributed by atoms with van der Waals surface area (Å²) in [5.74, 6) is 0.155. The van der Waals surface area contributed by atoms with E-state index in [4.69, 9.17) is 0 Å². The number of amides is 2. The summed E-state index contributed by atoms with van der Waals surface area (Å²) in [5.41, 5.74) is 1.53. The van der Waals surface area contributed by atoms with Crippen LogP contribution in [0.2, 0.25) is 0 Å². The van der Waals surface area contributed by atoms with Crippen molar-refractivity contribution in [2.45, 2.75) is 31.7 Å². The number of aromatic nitrogens is 3. The van der Waals surface area contributed by atoms with Crippen LogP contribution in [0.1, 0.15) is 25.7 Å². The summed E-state index contributed by atoms with van der Waals surface area (Å²) >= 11 is 0. The molecule has 1 aliphatic carbocycles. The molecule has 2 amide bonds. The molecule has 23 heavy (non-hydrogen) atoms. The standard InChI is InChI=1S/C16H21N5O2/c22-11-12-3-1-2-4-15(12)20-16(23)19-13-5-7-14(8-6-13)21-17-9-10-18-21/h5-10,12,15,22H,1-4,11H2,(H2,19,20,23). The molecule has 122 valence electrons. The zero-order valence-corrected chi connectivity index (χ0v) is 12.9. The van der Waals surface area contributed by atoms with Gasteiger partial charge in [-0.15, -0.1) is 0 Å². The molecule has 1 aromatic heterocycles. The van der Waals surface area contributed by atoms with Crippen LogP contribution < -0.4 is 10.6 Å². The summed E-state index contributed by atoms with van der Waals surface area (Å²) in [6.07, 6.45) is 7.32. The van der Waals surface area contributed by atoms with E-state index in [-0.39, 0.29) is 24.6 Å². The number of carbonyl (C=O) groups is 1. The summed E-state index contributed by atoms with van der Waals surface area (Å²) in [6, 6.07) is 7.10. The molecule has 0 radical (unpaired) electrons. The van der Waals surface area contributed by atoms with E-state index >= 15 is 0 Å². The molecule has 1 fully saturated rings. The Morgan fingerprint density at radius 3 is 2.57 bits per heavy atom. The summed E-state index contributed by atoms with van der Waals surface area (Å²) in [7, 11) is 0. The molecule has 2 aromatic rings. The molecule has 3 rings (SSSR count). The highest BCUT2D eigenvalue weighted by Crippen LogP contribution is 2.24. The first-order valence-electron chi connectivity index (χ1n) is 7.91. The lowest BCUT2D eigenvalue weighted by Gasteiger charge is -2.30. The second-order valence-corrected chi connectivity index (χ2v) is 5.80. The fourth-order valence-electron chi connectivity index (χ4n) is 2.98.